The van der Waals surface area contributed by atoms with E-state index in [1.54, 1.807) is 39.2 Å². The van der Waals surface area contributed by atoms with Crippen LogP contribution in [-0.4, -0.2) is 26.8 Å². The van der Waals surface area contributed by atoms with Gasteiger partial charge in [-0.2, -0.15) is 0 Å². The van der Waals surface area contributed by atoms with E-state index in [4.69, 9.17) is 19.9 Å². The molecule has 18 heavy (non-hydrogen) atoms. The van der Waals surface area contributed by atoms with Crippen molar-refractivity contribution in [1.82, 2.24) is 0 Å². The molecule has 0 aliphatic carbocycles. The van der Waals surface area contributed by atoms with Crippen LogP contribution in [0.3, 0.4) is 0 Å². The van der Waals surface area contributed by atoms with E-state index in [1.807, 2.05) is 0 Å². The van der Waals surface area contributed by atoms with Crippen molar-refractivity contribution >= 4 is 11.7 Å². The van der Waals surface area contributed by atoms with Crippen LogP contribution < -0.4 is 15.2 Å². The molecule has 0 aliphatic heterocycles. The van der Waals surface area contributed by atoms with Crippen LogP contribution in [0.2, 0.25) is 0 Å². The average molecular weight is 253 g/mol. The maximum atomic E-state index is 11.5. The molecule has 0 radical (unpaired) electrons. The molecule has 5 heteroatoms. The highest BCUT2D eigenvalue weighted by atomic mass is 16.5. The van der Waals surface area contributed by atoms with Crippen molar-refractivity contribution in [2.45, 2.75) is 13.8 Å². The van der Waals surface area contributed by atoms with Crippen LogP contribution in [0.1, 0.15) is 13.8 Å². The van der Waals surface area contributed by atoms with Gasteiger partial charge in [-0.25, -0.2) is 0 Å². The Labute approximate surface area is 107 Å². The van der Waals surface area contributed by atoms with Gasteiger partial charge >= 0.3 is 5.97 Å². The Kier molecular flexibility index (Phi) is 4.42. The fourth-order valence-corrected chi connectivity index (χ4v) is 1.40. The standard InChI is InChI=1S/C13H19NO4/c1-13(2,12(15)17-4)8-18-9-5-6-11(16-3)10(14)7-9/h5-7H,8,14H2,1-4H3. The van der Waals surface area contributed by atoms with E-state index in [0.29, 0.717) is 17.2 Å². The summed E-state index contributed by atoms with van der Waals surface area (Å²) < 4.78 is 15.3. The maximum Gasteiger partial charge on any atom is 0.314 e. The zero-order chi connectivity index (χ0) is 13.8. The summed E-state index contributed by atoms with van der Waals surface area (Å²) in [6.45, 7) is 3.73. The predicted molar refractivity (Wildman–Crippen MR) is 68.7 cm³/mol. The van der Waals surface area contributed by atoms with E-state index >= 15 is 0 Å². The Hall–Kier alpha value is -1.91. The number of nitrogen functional groups attached to an aromatic ring is 1. The quantitative estimate of drug-likeness (QED) is 0.640. The van der Waals surface area contributed by atoms with Gasteiger partial charge in [-0.3, -0.25) is 4.79 Å². The Morgan fingerprint density at radius 3 is 2.50 bits per heavy atom. The van der Waals surface area contributed by atoms with E-state index in [2.05, 4.69) is 0 Å². The molecule has 0 saturated heterocycles. The lowest BCUT2D eigenvalue weighted by Gasteiger charge is -2.21. The largest absolute Gasteiger partial charge is 0.495 e. The fourth-order valence-electron chi connectivity index (χ4n) is 1.40. The van der Waals surface area contributed by atoms with Crippen molar-refractivity contribution in [3.8, 4) is 11.5 Å². The first-order chi connectivity index (χ1) is 8.40. The molecule has 5 nitrogen and oxygen atoms in total. The Morgan fingerprint density at radius 2 is 2.00 bits per heavy atom. The molecule has 0 heterocycles. The highest BCUT2D eigenvalue weighted by Crippen LogP contribution is 2.27. The molecular formula is C13H19NO4. The normalized spacial score (nSPS) is 10.9. The Morgan fingerprint density at radius 1 is 1.33 bits per heavy atom. The zero-order valence-corrected chi connectivity index (χ0v) is 11.1. The SMILES string of the molecule is COC(=O)C(C)(C)COc1ccc(OC)c(N)c1. The minimum Gasteiger partial charge on any atom is -0.495 e. The molecule has 0 spiro atoms. The van der Waals surface area contributed by atoms with Crippen LogP contribution >= 0.6 is 0 Å². The van der Waals surface area contributed by atoms with E-state index in [9.17, 15) is 4.79 Å². The Bertz CT molecular complexity index is 429. The first-order valence-corrected chi connectivity index (χ1v) is 5.55. The van der Waals surface area contributed by atoms with Gasteiger partial charge in [0.1, 0.15) is 18.1 Å². The summed E-state index contributed by atoms with van der Waals surface area (Å²) in [7, 11) is 2.90. The number of anilines is 1. The number of hydrogen-bond donors (Lipinski definition) is 1. The smallest absolute Gasteiger partial charge is 0.314 e. The summed E-state index contributed by atoms with van der Waals surface area (Å²) in [5.74, 6) is 0.865. The number of carbonyl (C=O) groups is 1. The van der Waals surface area contributed by atoms with Gasteiger partial charge in [0, 0.05) is 6.07 Å². The summed E-state index contributed by atoms with van der Waals surface area (Å²) in [5.41, 5.74) is 5.55. The van der Waals surface area contributed by atoms with Crippen molar-refractivity contribution in [3.63, 3.8) is 0 Å². The van der Waals surface area contributed by atoms with Crippen LogP contribution in [0.25, 0.3) is 0 Å². The number of hydrogen-bond acceptors (Lipinski definition) is 5. The first kappa shape index (κ1) is 14.2. The molecule has 1 aromatic carbocycles. The number of methoxy groups -OCH3 is 2. The molecule has 2 N–H and O–H groups in total. The van der Waals surface area contributed by atoms with E-state index in [0.717, 1.165) is 0 Å². The van der Waals surface area contributed by atoms with Crippen LogP contribution in [0.4, 0.5) is 5.69 Å². The highest BCUT2D eigenvalue weighted by Gasteiger charge is 2.29. The van der Waals surface area contributed by atoms with Gasteiger partial charge in [0.25, 0.3) is 0 Å². The number of rotatable bonds is 5. The second-order valence-corrected chi connectivity index (χ2v) is 4.57. The van der Waals surface area contributed by atoms with E-state index < -0.39 is 5.41 Å². The van der Waals surface area contributed by atoms with Gasteiger partial charge < -0.3 is 19.9 Å². The second kappa shape index (κ2) is 5.62. The van der Waals surface area contributed by atoms with Gasteiger partial charge in [0.2, 0.25) is 0 Å². The third-order valence-electron chi connectivity index (χ3n) is 2.54. The third-order valence-corrected chi connectivity index (χ3v) is 2.54. The number of esters is 1. The third kappa shape index (κ3) is 3.29. The monoisotopic (exact) mass is 253 g/mol. The lowest BCUT2D eigenvalue weighted by atomic mass is 9.95. The lowest BCUT2D eigenvalue weighted by Crippen LogP contribution is -2.32. The van der Waals surface area contributed by atoms with Gasteiger partial charge in [0.05, 0.1) is 25.3 Å². The van der Waals surface area contributed by atoms with Crippen molar-refractivity contribution < 1.29 is 19.0 Å². The molecular weight excluding hydrogens is 234 g/mol. The summed E-state index contributed by atoms with van der Waals surface area (Å²) in [4.78, 5) is 11.5. The second-order valence-electron chi connectivity index (χ2n) is 4.57. The van der Waals surface area contributed by atoms with Crippen molar-refractivity contribution in [1.29, 1.82) is 0 Å². The zero-order valence-electron chi connectivity index (χ0n) is 11.1. The van der Waals surface area contributed by atoms with Crippen LogP contribution in [-0.2, 0) is 9.53 Å². The number of carbonyl (C=O) groups excluding carboxylic acids is 1. The molecule has 0 aromatic heterocycles. The molecule has 1 rings (SSSR count). The molecule has 0 aliphatic rings. The Balaban J connectivity index is 2.69. The van der Waals surface area contributed by atoms with Crippen LogP contribution in [0.15, 0.2) is 18.2 Å². The summed E-state index contributed by atoms with van der Waals surface area (Å²) in [5, 5.41) is 0. The first-order valence-electron chi connectivity index (χ1n) is 5.55. The van der Waals surface area contributed by atoms with Crippen molar-refractivity contribution in [3.05, 3.63) is 18.2 Å². The molecule has 0 fully saturated rings. The maximum absolute atomic E-state index is 11.5. The van der Waals surface area contributed by atoms with Gasteiger partial charge in [-0.15, -0.1) is 0 Å². The minimum atomic E-state index is -0.705. The molecule has 100 valence electrons. The van der Waals surface area contributed by atoms with Crippen LogP contribution in [0, 0.1) is 5.41 Å². The highest BCUT2D eigenvalue weighted by molar-refractivity contribution is 5.75. The van der Waals surface area contributed by atoms with E-state index in [-0.39, 0.29) is 12.6 Å². The fraction of sp³-hybridized carbons (Fsp3) is 0.462. The molecule has 1 aromatic rings. The number of benzene rings is 1. The van der Waals surface area contributed by atoms with Gasteiger partial charge in [-0.1, -0.05) is 0 Å². The summed E-state index contributed by atoms with van der Waals surface area (Å²) >= 11 is 0. The minimum absolute atomic E-state index is 0.214. The molecule has 0 unspecified atom stereocenters. The van der Waals surface area contributed by atoms with E-state index in [1.165, 1.54) is 7.11 Å². The summed E-state index contributed by atoms with van der Waals surface area (Å²) in [6.07, 6.45) is 0. The molecule has 0 bridgehead atoms. The lowest BCUT2D eigenvalue weighted by molar-refractivity contribution is -0.152. The predicted octanol–water partition coefficient (Wildman–Crippen LogP) is 1.86. The van der Waals surface area contributed by atoms with Crippen molar-refractivity contribution in [2.24, 2.45) is 5.41 Å². The van der Waals surface area contributed by atoms with Gasteiger partial charge in [-0.05, 0) is 26.0 Å². The van der Waals surface area contributed by atoms with Crippen molar-refractivity contribution in [2.75, 3.05) is 26.6 Å². The summed E-state index contributed by atoms with van der Waals surface area (Å²) in [6, 6.07) is 5.12. The number of ether oxygens (including phenoxy) is 3. The van der Waals surface area contributed by atoms with Crippen LogP contribution in [0.5, 0.6) is 11.5 Å². The molecule has 0 saturated carbocycles. The topological polar surface area (TPSA) is 70.8 Å². The number of nitrogens with two attached hydrogens (primary N) is 1. The molecule has 0 atom stereocenters. The van der Waals surface area contributed by atoms with Gasteiger partial charge in [0.15, 0.2) is 0 Å². The molecule has 0 amide bonds. The average Bonchev–Trinajstić information content (AvgIpc) is 2.35.